The summed E-state index contributed by atoms with van der Waals surface area (Å²) >= 11 is 5.81. The standard InChI is InChI=1S/C21H22ClNO6/c1-13(21(25)23-16-8-6-15(22)7-9-16)29-19(24)10-5-14-11-17(26-2)20(28-4)18(12-14)27-3/h5-13H,1-4H3,(H,23,25). The van der Waals surface area contributed by atoms with Gasteiger partial charge in [0.2, 0.25) is 5.75 Å². The Morgan fingerprint density at radius 2 is 1.59 bits per heavy atom. The Kier molecular flexibility index (Phi) is 7.91. The molecule has 0 fully saturated rings. The SMILES string of the molecule is COc1cc(C=CC(=O)OC(C)C(=O)Nc2ccc(Cl)cc2)cc(OC)c1OC. The Labute approximate surface area is 174 Å². The molecule has 0 radical (unpaired) electrons. The van der Waals surface area contributed by atoms with Crippen LogP contribution in [0, 0.1) is 0 Å². The third kappa shape index (κ3) is 6.15. The molecule has 2 rings (SSSR count). The van der Waals surface area contributed by atoms with Crippen LogP contribution in [0.1, 0.15) is 12.5 Å². The van der Waals surface area contributed by atoms with Crippen molar-refractivity contribution in [3.8, 4) is 17.2 Å². The van der Waals surface area contributed by atoms with Gasteiger partial charge in [-0.05, 0) is 55.0 Å². The Balaban J connectivity index is 2.01. The van der Waals surface area contributed by atoms with E-state index in [9.17, 15) is 9.59 Å². The van der Waals surface area contributed by atoms with Gasteiger partial charge in [0, 0.05) is 16.8 Å². The molecule has 1 N–H and O–H groups in total. The summed E-state index contributed by atoms with van der Waals surface area (Å²) in [7, 11) is 4.50. The maximum absolute atomic E-state index is 12.2. The summed E-state index contributed by atoms with van der Waals surface area (Å²) in [6.45, 7) is 1.48. The number of halogens is 1. The highest BCUT2D eigenvalue weighted by Crippen LogP contribution is 2.38. The summed E-state index contributed by atoms with van der Waals surface area (Å²) in [5.41, 5.74) is 1.19. The van der Waals surface area contributed by atoms with Gasteiger partial charge in [-0.2, -0.15) is 0 Å². The number of anilines is 1. The van der Waals surface area contributed by atoms with Crippen LogP contribution in [-0.2, 0) is 14.3 Å². The first-order chi connectivity index (χ1) is 13.9. The maximum Gasteiger partial charge on any atom is 0.331 e. The average Bonchev–Trinajstić information content (AvgIpc) is 2.72. The summed E-state index contributed by atoms with van der Waals surface area (Å²) < 4.78 is 20.9. The van der Waals surface area contributed by atoms with Gasteiger partial charge < -0.3 is 24.3 Å². The second-order valence-electron chi connectivity index (χ2n) is 5.87. The van der Waals surface area contributed by atoms with Gasteiger partial charge >= 0.3 is 5.97 Å². The number of methoxy groups -OCH3 is 3. The summed E-state index contributed by atoms with van der Waals surface area (Å²) in [6, 6.07) is 9.96. The molecule has 0 aliphatic heterocycles. The minimum atomic E-state index is -0.984. The zero-order valence-electron chi connectivity index (χ0n) is 16.5. The molecule has 0 heterocycles. The molecule has 0 aliphatic rings. The zero-order chi connectivity index (χ0) is 21.4. The van der Waals surface area contributed by atoms with Crippen molar-refractivity contribution in [2.45, 2.75) is 13.0 Å². The van der Waals surface area contributed by atoms with Crippen molar-refractivity contribution >= 4 is 35.2 Å². The number of nitrogens with one attached hydrogen (secondary N) is 1. The van der Waals surface area contributed by atoms with Crippen molar-refractivity contribution in [2.24, 2.45) is 0 Å². The fourth-order valence-corrected chi connectivity index (χ4v) is 2.53. The van der Waals surface area contributed by atoms with Crippen LogP contribution in [0.2, 0.25) is 5.02 Å². The highest BCUT2D eigenvalue weighted by molar-refractivity contribution is 6.30. The molecule has 1 amide bonds. The van der Waals surface area contributed by atoms with Crippen molar-refractivity contribution < 1.29 is 28.5 Å². The van der Waals surface area contributed by atoms with Crippen LogP contribution in [0.25, 0.3) is 6.08 Å². The number of benzene rings is 2. The number of ether oxygens (including phenoxy) is 4. The van der Waals surface area contributed by atoms with E-state index in [1.54, 1.807) is 36.4 Å². The lowest BCUT2D eigenvalue weighted by Crippen LogP contribution is -2.29. The molecule has 0 spiro atoms. The quantitative estimate of drug-likeness (QED) is 0.515. The molecule has 7 nitrogen and oxygen atoms in total. The van der Waals surface area contributed by atoms with E-state index in [0.717, 1.165) is 0 Å². The number of carbonyl (C=O) groups excluding carboxylic acids is 2. The summed E-state index contributed by atoms with van der Waals surface area (Å²) in [5, 5.41) is 3.20. The number of rotatable bonds is 8. The van der Waals surface area contributed by atoms with Gasteiger partial charge in [0.05, 0.1) is 21.3 Å². The van der Waals surface area contributed by atoms with Gasteiger partial charge in [-0.1, -0.05) is 11.6 Å². The third-order valence-corrected chi connectivity index (χ3v) is 4.12. The molecule has 0 aliphatic carbocycles. The Morgan fingerprint density at radius 3 is 2.10 bits per heavy atom. The second kappa shape index (κ2) is 10.4. The molecule has 2 aromatic rings. The van der Waals surface area contributed by atoms with Gasteiger partial charge in [0.25, 0.3) is 5.91 Å². The van der Waals surface area contributed by atoms with Gasteiger partial charge in [0.15, 0.2) is 17.6 Å². The Bertz CT molecular complexity index is 870. The number of esters is 1. The molecule has 0 saturated heterocycles. The normalized spacial score (nSPS) is 11.6. The Hall–Kier alpha value is -3.19. The van der Waals surface area contributed by atoms with E-state index in [-0.39, 0.29) is 0 Å². The molecule has 2 aromatic carbocycles. The smallest absolute Gasteiger partial charge is 0.331 e. The molecule has 0 aromatic heterocycles. The van der Waals surface area contributed by atoms with Crippen molar-refractivity contribution in [3.63, 3.8) is 0 Å². The van der Waals surface area contributed by atoms with Crippen LogP contribution in [0.4, 0.5) is 5.69 Å². The maximum atomic E-state index is 12.2. The molecule has 0 saturated carbocycles. The number of hydrogen-bond acceptors (Lipinski definition) is 6. The number of amides is 1. The summed E-state index contributed by atoms with van der Waals surface area (Å²) in [5.74, 6) is 0.229. The van der Waals surface area contributed by atoms with E-state index < -0.39 is 18.0 Å². The monoisotopic (exact) mass is 419 g/mol. The van der Waals surface area contributed by atoms with E-state index in [1.165, 1.54) is 40.4 Å². The topological polar surface area (TPSA) is 83.1 Å². The fourth-order valence-electron chi connectivity index (χ4n) is 2.41. The van der Waals surface area contributed by atoms with Crippen LogP contribution in [0.5, 0.6) is 17.2 Å². The largest absolute Gasteiger partial charge is 0.493 e. The van der Waals surface area contributed by atoms with Crippen LogP contribution in [0.15, 0.2) is 42.5 Å². The van der Waals surface area contributed by atoms with Crippen LogP contribution in [0.3, 0.4) is 0 Å². The predicted molar refractivity (Wildman–Crippen MR) is 111 cm³/mol. The molecule has 1 unspecified atom stereocenters. The molecular formula is C21H22ClNO6. The average molecular weight is 420 g/mol. The molecule has 8 heteroatoms. The first-order valence-electron chi connectivity index (χ1n) is 8.63. The van der Waals surface area contributed by atoms with E-state index in [0.29, 0.717) is 33.5 Å². The predicted octanol–water partition coefficient (Wildman–Crippen LogP) is 3.95. The van der Waals surface area contributed by atoms with Crippen molar-refractivity contribution in [3.05, 3.63) is 53.1 Å². The first-order valence-corrected chi connectivity index (χ1v) is 9.00. The van der Waals surface area contributed by atoms with Crippen LogP contribution >= 0.6 is 11.6 Å². The minimum absolute atomic E-state index is 0.446. The molecule has 1 atom stereocenters. The number of carbonyl (C=O) groups is 2. The van der Waals surface area contributed by atoms with Crippen LogP contribution in [-0.4, -0.2) is 39.3 Å². The Morgan fingerprint density at radius 1 is 1.00 bits per heavy atom. The van der Waals surface area contributed by atoms with Crippen molar-refractivity contribution in [1.29, 1.82) is 0 Å². The van der Waals surface area contributed by atoms with E-state index in [4.69, 9.17) is 30.5 Å². The molecule has 29 heavy (non-hydrogen) atoms. The molecule has 154 valence electrons. The van der Waals surface area contributed by atoms with Crippen LogP contribution < -0.4 is 19.5 Å². The second-order valence-corrected chi connectivity index (χ2v) is 6.30. The zero-order valence-corrected chi connectivity index (χ0v) is 17.3. The fraction of sp³-hybridized carbons (Fsp3) is 0.238. The lowest BCUT2D eigenvalue weighted by atomic mass is 10.1. The molecule has 0 bridgehead atoms. The van der Waals surface area contributed by atoms with E-state index in [1.807, 2.05) is 0 Å². The first kappa shape index (κ1) is 22.1. The van der Waals surface area contributed by atoms with Crippen molar-refractivity contribution in [1.82, 2.24) is 0 Å². The third-order valence-electron chi connectivity index (χ3n) is 3.87. The minimum Gasteiger partial charge on any atom is -0.493 e. The van der Waals surface area contributed by atoms with Gasteiger partial charge in [-0.3, -0.25) is 4.79 Å². The van der Waals surface area contributed by atoms with Gasteiger partial charge in [0.1, 0.15) is 0 Å². The highest BCUT2D eigenvalue weighted by atomic mass is 35.5. The highest BCUT2D eigenvalue weighted by Gasteiger charge is 2.17. The lowest BCUT2D eigenvalue weighted by molar-refractivity contribution is -0.148. The molecular weight excluding hydrogens is 398 g/mol. The summed E-state index contributed by atoms with van der Waals surface area (Å²) in [6.07, 6.45) is 1.76. The number of hydrogen-bond donors (Lipinski definition) is 1. The lowest BCUT2D eigenvalue weighted by Gasteiger charge is -2.13. The van der Waals surface area contributed by atoms with Crippen molar-refractivity contribution in [2.75, 3.05) is 26.6 Å². The van der Waals surface area contributed by atoms with Gasteiger partial charge in [-0.25, -0.2) is 4.79 Å². The van der Waals surface area contributed by atoms with Gasteiger partial charge in [-0.15, -0.1) is 0 Å². The van der Waals surface area contributed by atoms with E-state index in [2.05, 4.69) is 5.32 Å². The summed E-state index contributed by atoms with van der Waals surface area (Å²) in [4.78, 5) is 24.2. The van der Waals surface area contributed by atoms with E-state index >= 15 is 0 Å².